The number of nitrogens with zero attached hydrogens (tertiary/aromatic N) is 5. The summed E-state index contributed by atoms with van der Waals surface area (Å²) in [6.45, 7) is 1.80. The number of fused-ring (bicyclic) bond motifs is 1. The van der Waals surface area contributed by atoms with E-state index in [2.05, 4.69) is 10.9 Å². The molecule has 0 spiro atoms. The van der Waals surface area contributed by atoms with E-state index >= 15 is 0 Å². The van der Waals surface area contributed by atoms with Crippen molar-refractivity contribution in [3.05, 3.63) is 100 Å². The fraction of sp³-hybridized carbons (Fsp3) is 0.353. The highest BCUT2D eigenvalue weighted by molar-refractivity contribution is 5.95. The zero-order valence-corrected chi connectivity index (χ0v) is 24.2. The fourth-order valence-electron chi connectivity index (χ4n) is 6.54. The molecular formula is C34H35N5O4. The van der Waals surface area contributed by atoms with Crippen molar-refractivity contribution < 1.29 is 14.7 Å². The van der Waals surface area contributed by atoms with Gasteiger partial charge in [-0.2, -0.15) is 0 Å². The Hall–Kier alpha value is -4.68. The van der Waals surface area contributed by atoms with Gasteiger partial charge in [-0.3, -0.25) is 19.0 Å². The van der Waals surface area contributed by atoms with Crippen LogP contribution in [0.25, 0.3) is 11.0 Å². The van der Waals surface area contributed by atoms with Crippen LogP contribution in [0.15, 0.2) is 78.0 Å². The largest absolute Gasteiger partial charge is 0.388 e. The summed E-state index contributed by atoms with van der Waals surface area (Å²) in [6, 6.07) is 18.7. The number of aryl methyl sites for hydroxylation is 1. The quantitative estimate of drug-likeness (QED) is 0.368. The highest BCUT2D eigenvalue weighted by atomic mass is 16.3. The normalized spacial score (nSPS) is 20.1. The van der Waals surface area contributed by atoms with Crippen molar-refractivity contribution in [3.8, 4) is 12.3 Å². The predicted octanol–water partition coefficient (Wildman–Crippen LogP) is 3.02. The lowest BCUT2D eigenvalue weighted by Gasteiger charge is -2.43. The maximum atomic E-state index is 14.0. The minimum absolute atomic E-state index is 0.0434. The van der Waals surface area contributed by atoms with Gasteiger partial charge in [-0.05, 0) is 49.1 Å². The smallest absolute Gasteiger partial charge is 0.262 e. The molecule has 0 bridgehead atoms. The Morgan fingerprint density at radius 1 is 1.05 bits per heavy atom. The van der Waals surface area contributed by atoms with Gasteiger partial charge >= 0.3 is 0 Å². The molecule has 0 aliphatic carbocycles. The molecule has 43 heavy (non-hydrogen) atoms. The summed E-state index contributed by atoms with van der Waals surface area (Å²) in [5.41, 5.74) is 1.52. The third kappa shape index (κ3) is 5.58. The number of piperidine rings is 2. The van der Waals surface area contributed by atoms with Crippen LogP contribution in [0.4, 0.5) is 0 Å². The van der Waals surface area contributed by atoms with Gasteiger partial charge < -0.3 is 19.5 Å². The van der Waals surface area contributed by atoms with Gasteiger partial charge in [-0.25, -0.2) is 4.98 Å². The molecular weight excluding hydrogens is 542 g/mol. The van der Waals surface area contributed by atoms with Gasteiger partial charge in [0, 0.05) is 62.4 Å². The van der Waals surface area contributed by atoms with Crippen molar-refractivity contribution in [1.82, 2.24) is 23.9 Å². The van der Waals surface area contributed by atoms with Crippen LogP contribution >= 0.6 is 0 Å². The molecule has 2 aromatic heterocycles. The van der Waals surface area contributed by atoms with Crippen LogP contribution in [-0.4, -0.2) is 72.6 Å². The van der Waals surface area contributed by atoms with E-state index in [0.717, 1.165) is 5.56 Å². The molecule has 6 rings (SSSR count). The average Bonchev–Trinajstić information content (AvgIpc) is 3.43. The second kappa shape index (κ2) is 11.5. The lowest BCUT2D eigenvalue weighted by molar-refractivity contribution is -0.142. The van der Waals surface area contributed by atoms with E-state index in [-0.39, 0.29) is 35.8 Å². The molecule has 2 aliphatic rings. The standard InChI is InChI=1S/C34H35N5O4/c1-3-24-8-7-11-26(20-24)31(40)38-17-13-27(29(21-38)25-9-5-4-6-10-25)32(41)37-18-14-34(43,15-19-37)22-39-23-35-30-28(33(39)42)12-16-36(30)2/h1,4-12,16,20,23,27,29,43H,13-15,17-19,21-22H2,2H3. The summed E-state index contributed by atoms with van der Waals surface area (Å²) in [5, 5.41) is 11.9. The van der Waals surface area contributed by atoms with Crippen molar-refractivity contribution in [2.24, 2.45) is 13.0 Å². The monoisotopic (exact) mass is 577 g/mol. The van der Waals surface area contributed by atoms with Crippen molar-refractivity contribution >= 4 is 22.8 Å². The van der Waals surface area contributed by atoms with Gasteiger partial charge in [0.05, 0.1) is 17.5 Å². The highest BCUT2D eigenvalue weighted by Crippen LogP contribution is 2.36. The van der Waals surface area contributed by atoms with Crippen LogP contribution in [0.3, 0.4) is 0 Å². The number of benzene rings is 2. The fourth-order valence-corrected chi connectivity index (χ4v) is 6.54. The Balaban J connectivity index is 1.16. The SMILES string of the molecule is C#Cc1cccc(C(=O)N2CCC(C(=O)N3CCC(O)(Cn4cnc5c(ccn5C)c4=O)CC3)C(c3ccccc3)C2)c1. The first-order chi connectivity index (χ1) is 20.8. The molecule has 4 heterocycles. The number of rotatable bonds is 5. The van der Waals surface area contributed by atoms with Crippen molar-refractivity contribution in [2.75, 3.05) is 26.2 Å². The molecule has 4 aromatic rings. The van der Waals surface area contributed by atoms with Gasteiger partial charge in [0.1, 0.15) is 12.0 Å². The van der Waals surface area contributed by atoms with E-state index < -0.39 is 5.60 Å². The van der Waals surface area contributed by atoms with Crippen molar-refractivity contribution in [2.45, 2.75) is 37.3 Å². The zero-order chi connectivity index (χ0) is 30.1. The van der Waals surface area contributed by atoms with Gasteiger partial charge in [0.2, 0.25) is 5.91 Å². The number of hydrogen-bond donors (Lipinski definition) is 1. The van der Waals surface area contributed by atoms with E-state index in [1.807, 2.05) is 47.2 Å². The topological polar surface area (TPSA) is 101 Å². The maximum absolute atomic E-state index is 14.0. The molecule has 9 nitrogen and oxygen atoms in total. The molecule has 9 heteroatoms. The zero-order valence-electron chi connectivity index (χ0n) is 24.2. The van der Waals surface area contributed by atoms with Gasteiger partial charge in [0.25, 0.3) is 11.5 Å². The first-order valence-electron chi connectivity index (χ1n) is 14.7. The summed E-state index contributed by atoms with van der Waals surface area (Å²) in [7, 11) is 1.84. The van der Waals surface area contributed by atoms with Gasteiger partial charge in [0.15, 0.2) is 0 Å². The minimum atomic E-state index is -1.12. The molecule has 0 radical (unpaired) electrons. The molecule has 1 N–H and O–H groups in total. The number of terminal acetylenes is 1. The Kier molecular flexibility index (Phi) is 7.63. The number of hydrogen-bond acceptors (Lipinski definition) is 5. The van der Waals surface area contributed by atoms with Crippen molar-refractivity contribution in [3.63, 3.8) is 0 Å². The van der Waals surface area contributed by atoms with E-state index in [0.29, 0.717) is 67.6 Å². The van der Waals surface area contributed by atoms with E-state index in [1.54, 1.807) is 41.1 Å². The first-order valence-corrected chi connectivity index (χ1v) is 14.7. The Morgan fingerprint density at radius 3 is 2.56 bits per heavy atom. The lowest BCUT2D eigenvalue weighted by Crippen LogP contribution is -2.53. The molecule has 2 saturated heterocycles. The molecule has 2 amide bonds. The number of carbonyl (C=O) groups excluding carboxylic acids is 2. The van der Waals surface area contributed by atoms with E-state index in [4.69, 9.17) is 6.42 Å². The third-order valence-electron chi connectivity index (χ3n) is 9.04. The number of likely N-dealkylation sites (tertiary alicyclic amines) is 2. The van der Waals surface area contributed by atoms with Crippen LogP contribution in [-0.2, 0) is 18.4 Å². The minimum Gasteiger partial charge on any atom is -0.388 e. The summed E-state index contributed by atoms with van der Waals surface area (Å²) < 4.78 is 3.26. The van der Waals surface area contributed by atoms with Crippen LogP contribution in [0.2, 0.25) is 0 Å². The molecule has 2 aromatic carbocycles. The van der Waals surface area contributed by atoms with Crippen LogP contribution in [0.5, 0.6) is 0 Å². The van der Waals surface area contributed by atoms with Gasteiger partial charge in [-0.15, -0.1) is 6.42 Å². The second-order valence-corrected chi connectivity index (χ2v) is 11.8. The first kappa shape index (κ1) is 28.4. The number of carbonyl (C=O) groups is 2. The summed E-state index contributed by atoms with van der Waals surface area (Å²) in [4.78, 5) is 48.5. The van der Waals surface area contributed by atoms with Crippen LogP contribution in [0, 0.1) is 18.3 Å². The maximum Gasteiger partial charge on any atom is 0.262 e. The predicted molar refractivity (Wildman–Crippen MR) is 163 cm³/mol. The van der Waals surface area contributed by atoms with Crippen molar-refractivity contribution in [1.29, 1.82) is 0 Å². The Bertz CT molecular complexity index is 1760. The van der Waals surface area contributed by atoms with Crippen LogP contribution < -0.4 is 5.56 Å². The summed E-state index contributed by atoms with van der Waals surface area (Å²) in [6.07, 6.45) is 10.1. The Morgan fingerprint density at radius 2 is 1.81 bits per heavy atom. The highest BCUT2D eigenvalue weighted by Gasteiger charge is 2.41. The number of aliphatic hydroxyl groups is 1. The summed E-state index contributed by atoms with van der Waals surface area (Å²) in [5.74, 6) is 2.09. The molecule has 2 unspecified atom stereocenters. The second-order valence-electron chi connectivity index (χ2n) is 11.8. The summed E-state index contributed by atoms with van der Waals surface area (Å²) >= 11 is 0. The molecule has 2 atom stereocenters. The number of amides is 2. The van der Waals surface area contributed by atoms with E-state index in [1.165, 1.54) is 10.9 Å². The van der Waals surface area contributed by atoms with E-state index in [9.17, 15) is 19.5 Å². The van der Waals surface area contributed by atoms with Crippen LogP contribution in [0.1, 0.15) is 46.7 Å². The molecule has 2 fully saturated rings. The Labute approximate surface area is 250 Å². The molecule has 2 aliphatic heterocycles. The third-order valence-corrected chi connectivity index (χ3v) is 9.04. The molecule has 0 saturated carbocycles. The average molecular weight is 578 g/mol. The van der Waals surface area contributed by atoms with Gasteiger partial charge in [-0.1, -0.05) is 42.3 Å². The lowest BCUT2D eigenvalue weighted by atomic mass is 9.79. The molecule has 220 valence electrons. The number of aromatic nitrogens is 3.